The number of hydrogen-bond donors (Lipinski definition) is 1. The Kier molecular flexibility index (Phi) is 11.4. The lowest BCUT2D eigenvalue weighted by molar-refractivity contribution is 0.605. The maximum Gasteiger partial charge on any atom is 0.00513 e. The fourth-order valence-electron chi connectivity index (χ4n) is 2.60. The minimum atomic E-state index is 0.579. The van der Waals surface area contributed by atoms with E-state index >= 15 is 0 Å². The van der Waals surface area contributed by atoms with Crippen molar-refractivity contribution in [3.63, 3.8) is 0 Å². The second-order valence-corrected chi connectivity index (χ2v) is 6.55. The van der Waals surface area contributed by atoms with E-state index in [1.165, 1.54) is 77.0 Å². The Morgan fingerprint density at radius 1 is 0.579 bits per heavy atom. The van der Waals surface area contributed by atoms with Crippen molar-refractivity contribution in [2.45, 2.75) is 88.7 Å². The minimum absolute atomic E-state index is 0.579. The standard InChI is InChI=1S/C18H32S/c19-18-16-14-12-10-8-6-4-2-1-3-5-7-9-11-13-15-17-18/h2,4,13,15,18-19H,1,3,5-12,14,16-17H2. The molecule has 0 heterocycles. The molecule has 1 heteroatoms. The third-order valence-corrected chi connectivity index (χ3v) is 4.36. The summed E-state index contributed by atoms with van der Waals surface area (Å²) in [5.74, 6) is 0. The molecule has 1 unspecified atom stereocenters. The lowest BCUT2D eigenvalue weighted by Crippen LogP contribution is -1.96. The summed E-state index contributed by atoms with van der Waals surface area (Å²) in [5.41, 5.74) is 0. The maximum atomic E-state index is 4.68. The summed E-state index contributed by atoms with van der Waals surface area (Å²) in [6.07, 6.45) is 26.8. The van der Waals surface area contributed by atoms with E-state index in [4.69, 9.17) is 0 Å². The molecule has 110 valence electrons. The van der Waals surface area contributed by atoms with E-state index < -0.39 is 0 Å². The van der Waals surface area contributed by atoms with E-state index in [-0.39, 0.29) is 0 Å². The predicted octanol–water partition coefficient (Wildman–Crippen LogP) is 6.48. The van der Waals surface area contributed by atoms with E-state index in [0.717, 1.165) is 6.42 Å². The number of thiol groups is 1. The van der Waals surface area contributed by atoms with Crippen molar-refractivity contribution >= 4 is 12.6 Å². The minimum Gasteiger partial charge on any atom is -0.176 e. The molecule has 0 saturated heterocycles. The molecule has 0 N–H and O–H groups in total. The number of allylic oxidation sites excluding steroid dienone is 4. The van der Waals surface area contributed by atoms with Crippen molar-refractivity contribution in [3.05, 3.63) is 24.3 Å². The summed E-state index contributed by atoms with van der Waals surface area (Å²) >= 11 is 4.68. The third kappa shape index (κ3) is 11.4. The predicted molar refractivity (Wildman–Crippen MR) is 91.1 cm³/mol. The van der Waals surface area contributed by atoms with Gasteiger partial charge in [-0.25, -0.2) is 0 Å². The summed E-state index contributed by atoms with van der Waals surface area (Å²) in [6.45, 7) is 0. The Bertz CT molecular complexity index is 242. The molecular formula is C18H32S. The van der Waals surface area contributed by atoms with Gasteiger partial charge in [-0.1, -0.05) is 56.4 Å². The Balaban J connectivity index is 2.20. The first-order chi connectivity index (χ1) is 9.39. The van der Waals surface area contributed by atoms with E-state index in [0.29, 0.717) is 5.25 Å². The van der Waals surface area contributed by atoms with Gasteiger partial charge in [-0.05, 0) is 51.4 Å². The van der Waals surface area contributed by atoms with Crippen LogP contribution >= 0.6 is 12.6 Å². The molecule has 0 bridgehead atoms. The van der Waals surface area contributed by atoms with Crippen LogP contribution in [0, 0.1) is 0 Å². The van der Waals surface area contributed by atoms with Crippen molar-refractivity contribution in [3.8, 4) is 0 Å². The quantitative estimate of drug-likeness (QED) is 0.381. The van der Waals surface area contributed by atoms with Gasteiger partial charge in [0, 0.05) is 5.25 Å². The molecule has 0 amide bonds. The zero-order chi connectivity index (χ0) is 13.6. The van der Waals surface area contributed by atoms with Crippen LogP contribution in [0.2, 0.25) is 0 Å². The summed E-state index contributed by atoms with van der Waals surface area (Å²) in [4.78, 5) is 0. The highest BCUT2D eigenvalue weighted by Crippen LogP contribution is 2.15. The Morgan fingerprint density at radius 2 is 1.05 bits per heavy atom. The SMILES string of the molecule is SC1CC=CCCCCCCC=CCCCCCC1. The van der Waals surface area contributed by atoms with Gasteiger partial charge in [0.1, 0.15) is 0 Å². The first-order valence-electron chi connectivity index (χ1n) is 8.37. The molecule has 0 fully saturated rings. The third-order valence-electron chi connectivity index (χ3n) is 3.89. The van der Waals surface area contributed by atoms with Crippen LogP contribution in [-0.4, -0.2) is 5.25 Å². The molecule has 0 aromatic heterocycles. The van der Waals surface area contributed by atoms with Gasteiger partial charge < -0.3 is 0 Å². The van der Waals surface area contributed by atoms with Gasteiger partial charge in [0.05, 0.1) is 0 Å². The van der Waals surface area contributed by atoms with Gasteiger partial charge in [-0.15, -0.1) is 0 Å². The lowest BCUT2D eigenvalue weighted by atomic mass is 10.1. The van der Waals surface area contributed by atoms with Gasteiger partial charge >= 0.3 is 0 Å². The Labute approximate surface area is 126 Å². The fraction of sp³-hybridized carbons (Fsp3) is 0.778. The molecule has 0 spiro atoms. The van der Waals surface area contributed by atoms with Crippen LogP contribution in [0.5, 0.6) is 0 Å². The molecule has 0 radical (unpaired) electrons. The van der Waals surface area contributed by atoms with Crippen molar-refractivity contribution in [2.75, 3.05) is 0 Å². The van der Waals surface area contributed by atoms with Crippen molar-refractivity contribution in [2.24, 2.45) is 0 Å². The fourth-order valence-corrected chi connectivity index (χ4v) is 2.90. The Hall–Kier alpha value is -0.170. The first-order valence-corrected chi connectivity index (χ1v) is 8.89. The van der Waals surface area contributed by atoms with E-state index in [1.807, 2.05) is 0 Å². The number of hydrogen-bond acceptors (Lipinski definition) is 1. The molecule has 1 rings (SSSR count). The second kappa shape index (κ2) is 12.8. The second-order valence-electron chi connectivity index (χ2n) is 5.82. The van der Waals surface area contributed by atoms with Crippen LogP contribution < -0.4 is 0 Å². The van der Waals surface area contributed by atoms with Gasteiger partial charge in [0.15, 0.2) is 0 Å². The van der Waals surface area contributed by atoms with Gasteiger partial charge in [0.25, 0.3) is 0 Å². The van der Waals surface area contributed by atoms with E-state index in [2.05, 4.69) is 36.9 Å². The first kappa shape index (κ1) is 16.9. The average molecular weight is 281 g/mol. The molecule has 1 atom stereocenters. The topological polar surface area (TPSA) is 0 Å². The molecule has 1 aliphatic rings. The largest absolute Gasteiger partial charge is 0.176 e. The summed E-state index contributed by atoms with van der Waals surface area (Å²) in [7, 11) is 0. The monoisotopic (exact) mass is 280 g/mol. The molecule has 1 aliphatic carbocycles. The molecule has 0 aliphatic heterocycles. The van der Waals surface area contributed by atoms with Crippen LogP contribution in [-0.2, 0) is 0 Å². The highest BCUT2D eigenvalue weighted by Gasteiger charge is 2.00. The lowest BCUT2D eigenvalue weighted by Gasteiger charge is -2.07. The smallest absolute Gasteiger partial charge is 0.00513 e. The summed E-state index contributed by atoms with van der Waals surface area (Å²) < 4.78 is 0. The maximum absolute atomic E-state index is 4.68. The van der Waals surface area contributed by atoms with Gasteiger partial charge in [0.2, 0.25) is 0 Å². The van der Waals surface area contributed by atoms with Crippen LogP contribution in [0.3, 0.4) is 0 Å². The highest BCUT2D eigenvalue weighted by molar-refractivity contribution is 7.80. The van der Waals surface area contributed by atoms with Crippen LogP contribution in [0.4, 0.5) is 0 Å². The number of rotatable bonds is 0. The normalized spacial score (nSPS) is 25.6. The van der Waals surface area contributed by atoms with E-state index in [9.17, 15) is 0 Å². The van der Waals surface area contributed by atoms with Crippen molar-refractivity contribution < 1.29 is 0 Å². The Morgan fingerprint density at radius 3 is 1.63 bits per heavy atom. The van der Waals surface area contributed by atoms with Crippen LogP contribution in [0.1, 0.15) is 83.5 Å². The highest BCUT2D eigenvalue weighted by atomic mass is 32.1. The molecule has 0 saturated carbocycles. The summed E-state index contributed by atoms with van der Waals surface area (Å²) in [6, 6.07) is 0. The van der Waals surface area contributed by atoms with Crippen molar-refractivity contribution in [1.82, 2.24) is 0 Å². The molecular weight excluding hydrogens is 248 g/mol. The van der Waals surface area contributed by atoms with Crippen LogP contribution in [0.15, 0.2) is 24.3 Å². The average Bonchev–Trinajstić information content (AvgIpc) is 2.41. The summed E-state index contributed by atoms with van der Waals surface area (Å²) in [5, 5.41) is 0.579. The van der Waals surface area contributed by atoms with E-state index in [1.54, 1.807) is 0 Å². The molecule has 0 nitrogen and oxygen atoms in total. The zero-order valence-electron chi connectivity index (χ0n) is 12.5. The van der Waals surface area contributed by atoms with Gasteiger partial charge in [-0.3, -0.25) is 0 Å². The molecule has 0 aromatic carbocycles. The molecule has 19 heavy (non-hydrogen) atoms. The van der Waals surface area contributed by atoms with Gasteiger partial charge in [-0.2, -0.15) is 12.6 Å². The van der Waals surface area contributed by atoms with Crippen molar-refractivity contribution in [1.29, 1.82) is 0 Å². The molecule has 0 aromatic rings. The zero-order valence-corrected chi connectivity index (χ0v) is 13.4. The van der Waals surface area contributed by atoms with Crippen LogP contribution in [0.25, 0.3) is 0 Å².